The molecule has 0 aromatic carbocycles. The number of hydrogen-bond donors (Lipinski definition) is 2. The van der Waals surface area contributed by atoms with Crippen molar-refractivity contribution in [2.45, 2.75) is 44.6 Å². The zero-order chi connectivity index (χ0) is 9.31. The first kappa shape index (κ1) is 9.47. The van der Waals surface area contributed by atoms with Crippen LogP contribution < -0.4 is 5.32 Å². The van der Waals surface area contributed by atoms with E-state index >= 15 is 0 Å². The maximum absolute atomic E-state index is 10.1. The van der Waals surface area contributed by atoms with Gasteiger partial charge in [0.2, 0.25) is 0 Å². The minimum Gasteiger partial charge on any atom is -0.389 e. The van der Waals surface area contributed by atoms with Crippen molar-refractivity contribution in [1.29, 1.82) is 0 Å². The molecule has 0 aromatic rings. The van der Waals surface area contributed by atoms with E-state index in [4.69, 9.17) is 0 Å². The molecule has 13 heavy (non-hydrogen) atoms. The van der Waals surface area contributed by atoms with Crippen molar-refractivity contribution in [2.75, 3.05) is 13.1 Å². The van der Waals surface area contributed by atoms with E-state index in [0.29, 0.717) is 5.92 Å². The van der Waals surface area contributed by atoms with Gasteiger partial charge in [0.25, 0.3) is 0 Å². The zero-order valence-corrected chi connectivity index (χ0v) is 8.55. The lowest BCUT2D eigenvalue weighted by Gasteiger charge is -2.34. The molecule has 2 rings (SSSR count). The van der Waals surface area contributed by atoms with Crippen molar-refractivity contribution in [3.05, 3.63) is 0 Å². The first-order chi connectivity index (χ1) is 6.20. The van der Waals surface area contributed by atoms with Crippen LogP contribution in [0.5, 0.6) is 0 Å². The van der Waals surface area contributed by atoms with Crippen molar-refractivity contribution in [3.8, 4) is 0 Å². The number of aliphatic hydroxyl groups is 1. The Morgan fingerprint density at radius 2 is 1.92 bits per heavy atom. The van der Waals surface area contributed by atoms with Crippen LogP contribution in [0.2, 0.25) is 0 Å². The first-order valence-electron chi connectivity index (χ1n) is 5.63. The Kier molecular flexibility index (Phi) is 2.61. The Bertz CT molecular complexity index is 173. The van der Waals surface area contributed by atoms with Crippen molar-refractivity contribution in [1.82, 2.24) is 5.32 Å². The van der Waals surface area contributed by atoms with Crippen LogP contribution in [0.4, 0.5) is 0 Å². The van der Waals surface area contributed by atoms with Crippen LogP contribution in [0.3, 0.4) is 0 Å². The van der Waals surface area contributed by atoms with Crippen LogP contribution in [0.1, 0.15) is 39.0 Å². The molecule has 2 heteroatoms. The molecule has 2 aliphatic rings. The maximum atomic E-state index is 10.1. The van der Waals surface area contributed by atoms with Crippen LogP contribution >= 0.6 is 0 Å². The third-order valence-corrected chi connectivity index (χ3v) is 3.86. The van der Waals surface area contributed by atoms with Crippen molar-refractivity contribution < 1.29 is 5.11 Å². The molecular weight excluding hydrogens is 162 g/mol. The van der Waals surface area contributed by atoms with Gasteiger partial charge in [0.15, 0.2) is 0 Å². The third-order valence-electron chi connectivity index (χ3n) is 3.86. The summed E-state index contributed by atoms with van der Waals surface area (Å²) in [7, 11) is 0. The minimum absolute atomic E-state index is 0.442. The van der Waals surface area contributed by atoms with Crippen LogP contribution in [-0.2, 0) is 0 Å². The summed E-state index contributed by atoms with van der Waals surface area (Å²) in [6.45, 7) is 3.80. The van der Waals surface area contributed by atoms with E-state index in [1.165, 1.54) is 32.1 Å². The van der Waals surface area contributed by atoms with Gasteiger partial charge in [-0.2, -0.15) is 0 Å². The van der Waals surface area contributed by atoms with Gasteiger partial charge in [-0.1, -0.05) is 32.1 Å². The van der Waals surface area contributed by atoms with Crippen LogP contribution in [0.25, 0.3) is 0 Å². The fourth-order valence-corrected chi connectivity index (χ4v) is 3.04. The van der Waals surface area contributed by atoms with Crippen LogP contribution in [0.15, 0.2) is 0 Å². The molecule has 0 bridgehead atoms. The van der Waals surface area contributed by atoms with Gasteiger partial charge in [0, 0.05) is 19.0 Å². The summed E-state index contributed by atoms with van der Waals surface area (Å²) < 4.78 is 0. The molecule has 0 spiro atoms. The highest BCUT2D eigenvalue weighted by molar-refractivity contribution is 4.95. The predicted octanol–water partition coefficient (Wildman–Crippen LogP) is 1.54. The fraction of sp³-hybridized carbons (Fsp3) is 1.00. The van der Waals surface area contributed by atoms with E-state index in [1.807, 2.05) is 6.92 Å². The molecule has 2 fully saturated rings. The van der Waals surface area contributed by atoms with Crippen LogP contribution in [-0.4, -0.2) is 23.8 Å². The topological polar surface area (TPSA) is 32.3 Å². The smallest absolute Gasteiger partial charge is 0.0786 e. The van der Waals surface area contributed by atoms with Gasteiger partial charge in [-0.25, -0.2) is 0 Å². The Labute approximate surface area is 80.7 Å². The first-order valence-corrected chi connectivity index (χ1v) is 5.63. The monoisotopic (exact) mass is 183 g/mol. The molecule has 2 atom stereocenters. The van der Waals surface area contributed by atoms with Crippen molar-refractivity contribution in [2.24, 2.45) is 11.8 Å². The van der Waals surface area contributed by atoms with E-state index in [0.717, 1.165) is 19.0 Å². The van der Waals surface area contributed by atoms with Crippen molar-refractivity contribution in [3.63, 3.8) is 0 Å². The Balaban J connectivity index is 1.98. The minimum atomic E-state index is -0.442. The van der Waals surface area contributed by atoms with Gasteiger partial charge in [-0.05, 0) is 12.8 Å². The summed E-state index contributed by atoms with van der Waals surface area (Å²) in [6.07, 6.45) is 6.82. The van der Waals surface area contributed by atoms with E-state index in [1.54, 1.807) is 0 Å². The summed E-state index contributed by atoms with van der Waals surface area (Å²) in [6, 6.07) is 0. The molecule has 2 unspecified atom stereocenters. The molecule has 1 saturated heterocycles. The largest absolute Gasteiger partial charge is 0.389 e. The lowest BCUT2D eigenvalue weighted by atomic mass is 9.74. The SMILES string of the molecule is CC1(O)CNCC1C1CCCCC1. The van der Waals surface area contributed by atoms with Crippen LogP contribution in [0, 0.1) is 11.8 Å². The van der Waals surface area contributed by atoms with Gasteiger partial charge < -0.3 is 10.4 Å². The van der Waals surface area contributed by atoms with Gasteiger partial charge in [0.05, 0.1) is 5.60 Å². The van der Waals surface area contributed by atoms with E-state index in [9.17, 15) is 5.11 Å². The normalized spacial score (nSPS) is 42.5. The molecule has 1 aliphatic carbocycles. The highest BCUT2D eigenvalue weighted by Crippen LogP contribution is 2.37. The predicted molar refractivity (Wildman–Crippen MR) is 53.6 cm³/mol. The number of nitrogens with one attached hydrogen (secondary N) is 1. The fourth-order valence-electron chi connectivity index (χ4n) is 3.04. The van der Waals surface area contributed by atoms with Gasteiger partial charge in [0.1, 0.15) is 0 Å². The van der Waals surface area contributed by atoms with Crippen molar-refractivity contribution >= 4 is 0 Å². The molecule has 0 amide bonds. The molecule has 0 radical (unpaired) electrons. The number of rotatable bonds is 1. The maximum Gasteiger partial charge on any atom is 0.0786 e. The summed E-state index contributed by atoms with van der Waals surface area (Å²) in [5.41, 5.74) is -0.442. The molecule has 76 valence electrons. The number of hydrogen-bond acceptors (Lipinski definition) is 2. The van der Waals surface area contributed by atoms with E-state index < -0.39 is 5.60 Å². The second-order valence-electron chi connectivity index (χ2n) is 4.99. The Morgan fingerprint density at radius 1 is 1.23 bits per heavy atom. The van der Waals surface area contributed by atoms with Gasteiger partial charge >= 0.3 is 0 Å². The second kappa shape index (κ2) is 3.58. The summed E-state index contributed by atoms with van der Waals surface area (Å²) in [4.78, 5) is 0. The highest BCUT2D eigenvalue weighted by atomic mass is 16.3. The number of β-amino-alcohol motifs (C(OH)–C–C–N with tert-alkyl or cyclic N) is 1. The van der Waals surface area contributed by atoms with E-state index in [2.05, 4.69) is 5.32 Å². The molecule has 1 heterocycles. The molecular formula is C11H21NO. The van der Waals surface area contributed by atoms with E-state index in [-0.39, 0.29) is 0 Å². The highest BCUT2D eigenvalue weighted by Gasteiger charge is 2.41. The quantitative estimate of drug-likeness (QED) is 0.646. The molecule has 2 N–H and O–H groups in total. The summed E-state index contributed by atoms with van der Waals surface area (Å²) >= 11 is 0. The van der Waals surface area contributed by atoms with Gasteiger partial charge in [-0.3, -0.25) is 0 Å². The molecule has 2 nitrogen and oxygen atoms in total. The summed E-state index contributed by atoms with van der Waals surface area (Å²) in [5.74, 6) is 1.28. The second-order valence-corrected chi connectivity index (χ2v) is 4.99. The lowest BCUT2D eigenvalue weighted by molar-refractivity contribution is 0.00314. The Morgan fingerprint density at radius 3 is 2.46 bits per heavy atom. The summed E-state index contributed by atoms with van der Waals surface area (Å²) in [5, 5.41) is 13.5. The lowest BCUT2D eigenvalue weighted by Crippen LogP contribution is -2.38. The zero-order valence-electron chi connectivity index (χ0n) is 8.55. The average Bonchev–Trinajstić information content (AvgIpc) is 2.47. The molecule has 0 aromatic heterocycles. The Hall–Kier alpha value is -0.0800. The van der Waals surface area contributed by atoms with Gasteiger partial charge in [-0.15, -0.1) is 0 Å². The standard InChI is InChI=1S/C11H21NO/c1-11(13)8-12-7-10(11)9-5-3-2-4-6-9/h9-10,12-13H,2-8H2,1H3. The average molecular weight is 183 g/mol. The molecule has 1 aliphatic heterocycles. The third kappa shape index (κ3) is 1.89. The molecule has 1 saturated carbocycles.